The maximum absolute atomic E-state index is 12.2. The molecule has 0 bridgehead atoms. The van der Waals surface area contributed by atoms with E-state index in [1.165, 1.54) is 21.3 Å². The number of carbonyl (C=O) groups is 1. The van der Waals surface area contributed by atoms with Crippen molar-refractivity contribution in [2.75, 3.05) is 21.3 Å². The summed E-state index contributed by atoms with van der Waals surface area (Å²) in [5, 5.41) is 0. The Kier molecular flexibility index (Phi) is 5.22. The van der Waals surface area contributed by atoms with Gasteiger partial charge in [0.25, 0.3) is 0 Å². The number of hydrogen-bond donors (Lipinski definition) is 0. The third kappa shape index (κ3) is 3.41. The van der Waals surface area contributed by atoms with E-state index in [9.17, 15) is 4.79 Å². The molecular weight excluding hydrogens is 404 g/mol. The van der Waals surface area contributed by atoms with E-state index in [2.05, 4.69) is 25.9 Å². The predicted molar refractivity (Wildman–Crippen MR) is 98.6 cm³/mol. The van der Waals surface area contributed by atoms with Gasteiger partial charge in [0.1, 0.15) is 0 Å². The molecule has 2 aromatic rings. The van der Waals surface area contributed by atoms with E-state index in [1.54, 1.807) is 36.7 Å². The second kappa shape index (κ2) is 7.57. The smallest absolute Gasteiger partial charge is 0.363 e. The summed E-state index contributed by atoms with van der Waals surface area (Å²) in [6, 6.07) is 5.23. The lowest BCUT2D eigenvalue weighted by atomic mass is 10.1. The van der Waals surface area contributed by atoms with Crippen LogP contribution in [0.3, 0.4) is 0 Å². The van der Waals surface area contributed by atoms with Gasteiger partial charge in [0, 0.05) is 22.4 Å². The highest BCUT2D eigenvalue weighted by atomic mass is 79.9. The lowest BCUT2D eigenvalue weighted by molar-refractivity contribution is -0.129. The normalized spacial score (nSPS) is 14.8. The van der Waals surface area contributed by atoms with Crippen molar-refractivity contribution in [2.24, 2.45) is 4.99 Å². The van der Waals surface area contributed by atoms with E-state index in [-0.39, 0.29) is 11.6 Å². The van der Waals surface area contributed by atoms with Gasteiger partial charge in [0.2, 0.25) is 11.6 Å². The zero-order valence-corrected chi connectivity index (χ0v) is 15.9. The number of rotatable bonds is 5. The van der Waals surface area contributed by atoms with Crippen molar-refractivity contribution in [1.29, 1.82) is 0 Å². The number of ether oxygens (including phenoxy) is 4. The van der Waals surface area contributed by atoms with Gasteiger partial charge in [-0.3, -0.25) is 4.98 Å². The van der Waals surface area contributed by atoms with E-state index in [1.807, 2.05) is 0 Å². The van der Waals surface area contributed by atoms with Crippen LogP contribution < -0.4 is 14.2 Å². The molecule has 1 aromatic heterocycles. The highest BCUT2D eigenvalue weighted by Crippen LogP contribution is 2.40. The minimum atomic E-state index is -0.559. The molecule has 0 unspecified atom stereocenters. The first kappa shape index (κ1) is 17.9. The quantitative estimate of drug-likeness (QED) is 0.547. The molecule has 0 aliphatic carbocycles. The molecular formula is C18H15BrN2O5. The van der Waals surface area contributed by atoms with Crippen LogP contribution in [0.5, 0.6) is 17.2 Å². The largest absolute Gasteiger partial charge is 0.493 e. The lowest BCUT2D eigenvalue weighted by Crippen LogP contribution is -2.05. The average molecular weight is 419 g/mol. The van der Waals surface area contributed by atoms with Crippen LogP contribution in [0.2, 0.25) is 0 Å². The monoisotopic (exact) mass is 418 g/mol. The van der Waals surface area contributed by atoms with Crippen molar-refractivity contribution in [3.05, 3.63) is 51.9 Å². The standard InChI is InChI=1S/C18H15BrN2O5/c1-23-14-5-4-10(15(24-2)16(14)25-3)7-13-18(22)26-17(21-13)11-6-12(19)9-20-8-11/h4-9H,1-3H3/b13-7-. The molecule has 0 amide bonds. The minimum absolute atomic E-state index is 0.144. The van der Waals surface area contributed by atoms with Gasteiger partial charge in [0.05, 0.1) is 26.9 Å². The van der Waals surface area contributed by atoms with Gasteiger partial charge in [-0.05, 0) is 40.2 Å². The van der Waals surface area contributed by atoms with Crippen molar-refractivity contribution >= 4 is 33.9 Å². The van der Waals surface area contributed by atoms with Gasteiger partial charge >= 0.3 is 5.97 Å². The van der Waals surface area contributed by atoms with Crippen molar-refractivity contribution in [2.45, 2.75) is 0 Å². The summed E-state index contributed by atoms with van der Waals surface area (Å²) in [5.41, 5.74) is 1.34. The highest BCUT2D eigenvalue weighted by Gasteiger charge is 2.25. The molecule has 1 aromatic carbocycles. The fourth-order valence-corrected chi connectivity index (χ4v) is 2.81. The Morgan fingerprint density at radius 2 is 1.85 bits per heavy atom. The molecule has 0 atom stereocenters. The Labute approximate surface area is 158 Å². The number of aromatic nitrogens is 1. The summed E-state index contributed by atoms with van der Waals surface area (Å²) < 4.78 is 22.0. The van der Waals surface area contributed by atoms with Crippen LogP contribution in [0.15, 0.2) is 45.8 Å². The van der Waals surface area contributed by atoms with Gasteiger partial charge < -0.3 is 18.9 Å². The first-order valence-electron chi connectivity index (χ1n) is 7.49. The topological polar surface area (TPSA) is 79.2 Å². The molecule has 0 N–H and O–H groups in total. The van der Waals surface area contributed by atoms with Crippen molar-refractivity contribution < 1.29 is 23.7 Å². The van der Waals surface area contributed by atoms with Crippen LogP contribution in [0.1, 0.15) is 11.1 Å². The predicted octanol–water partition coefficient (Wildman–Crippen LogP) is 3.21. The number of carbonyl (C=O) groups excluding carboxylic acids is 1. The molecule has 1 aliphatic heterocycles. The van der Waals surface area contributed by atoms with Crippen LogP contribution in [-0.2, 0) is 9.53 Å². The Bertz CT molecular complexity index is 924. The molecule has 0 saturated carbocycles. The second-order valence-electron chi connectivity index (χ2n) is 5.15. The van der Waals surface area contributed by atoms with Crippen LogP contribution in [0, 0.1) is 0 Å². The highest BCUT2D eigenvalue weighted by molar-refractivity contribution is 9.10. The molecule has 1 aliphatic rings. The molecule has 8 heteroatoms. The lowest BCUT2D eigenvalue weighted by Gasteiger charge is -2.14. The molecule has 26 heavy (non-hydrogen) atoms. The van der Waals surface area contributed by atoms with E-state index in [0.717, 1.165) is 4.47 Å². The number of esters is 1. The van der Waals surface area contributed by atoms with Crippen molar-refractivity contribution in [3.8, 4) is 17.2 Å². The van der Waals surface area contributed by atoms with Gasteiger partial charge in [-0.1, -0.05) is 0 Å². The van der Waals surface area contributed by atoms with Crippen LogP contribution >= 0.6 is 15.9 Å². The first-order valence-corrected chi connectivity index (χ1v) is 8.29. The van der Waals surface area contributed by atoms with Gasteiger partial charge in [-0.25, -0.2) is 9.79 Å². The number of aliphatic imine (C=N–C) groups is 1. The third-order valence-electron chi connectivity index (χ3n) is 3.60. The minimum Gasteiger partial charge on any atom is -0.493 e. The van der Waals surface area contributed by atoms with Crippen LogP contribution in [-0.4, -0.2) is 38.2 Å². The van der Waals surface area contributed by atoms with E-state index in [0.29, 0.717) is 28.4 Å². The summed E-state index contributed by atoms with van der Waals surface area (Å²) in [7, 11) is 4.55. The van der Waals surface area contributed by atoms with Crippen LogP contribution in [0.4, 0.5) is 0 Å². The molecule has 2 heterocycles. The van der Waals surface area contributed by atoms with Gasteiger partial charge in [-0.15, -0.1) is 0 Å². The Morgan fingerprint density at radius 3 is 2.50 bits per heavy atom. The number of benzene rings is 1. The molecule has 0 radical (unpaired) electrons. The third-order valence-corrected chi connectivity index (χ3v) is 4.03. The SMILES string of the molecule is COc1ccc(/C=C2\N=C(c3cncc(Br)c3)OC2=O)c(OC)c1OC. The first-order chi connectivity index (χ1) is 12.6. The second-order valence-corrected chi connectivity index (χ2v) is 6.07. The fourth-order valence-electron chi connectivity index (χ4n) is 2.45. The fraction of sp³-hybridized carbons (Fsp3) is 0.167. The molecule has 0 fully saturated rings. The summed E-state index contributed by atoms with van der Waals surface area (Å²) in [6.45, 7) is 0. The zero-order valence-electron chi connectivity index (χ0n) is 14.3. The Morgan fingerprint density at radius 1 is 1.08 bits per heavy atom. The van der Waals surface area contributed by atoms with Crippen LogP contribution in [0.25, 0.3) is 6.08 Å². The number of cyclic esters (lactones) is 1. The number of methoxy groups -OCH3 is 3. The van der Waals surface area contributed by atoms with E-state index < -0.39 is 5.97 Å². The summed E-state index contributed by atoms with van der Waals surface area (Å²) in [5.74, 6) is 1.01. The molecule has 0 spiro atoms. The van der Waals surface area contributed by atoms with E-state index in [4.69, 9.17) is 18.9 Å². The Balaban J connectivity index is 2.03. The average Bonchev–Trinajstić information content (AvgIpc) is 3.01. The van der Waals surface area contributed by atoms with E-state index >= 15 is 0 Å². The zero-order chi connectivity index (χ0) is 18.7. The summed E-state index contributed by atoms with van der Waals surface area (Å²) in [6.07, 6.45) is 4.77. The molecule has 0 saturated heterocycles. The Hall–Kier alpha value is -2.87. The van der Waals surface area contributed by atoms with Crippen molar-refractivity contribution in [3.63, 3.8) is 0 Å². The summed E-state index contributed by atoms with van der Waals surface area (Å²) >= 11 is 3.33. The molecule has 3 rings (SSSR count). The van der Waals surface area contributed by atoms with Gasteiger partial charge in [-0.2, -0.15) is 0 Å². The molecule has 134 valence electrons. The number of halogens is 1. The molecule has 7 nitrogen and oxygen atoms in total. The maximum atomic E-state index is 12.2. The van der Waals surface area contributed by atoms with Gasteiger partial charge in [0.15, 0.2) is 17.2 Å². The number of nitrogens with zero attached hydrogens (tertiary/aromatic N) is 2. The maximum Gasteiger partial charge on any atom is 0.363 e. The number of pyridine rings is 1. The van der Waals surface area contributed by atoms with Crippen molar-refractivity contribution in [1.82, 2.24) is 4.98 Å². The summed E-state index contributed by atoms with van der Waals surface area (Å²) in [4.78, 5) is 20.5. The number of hydrogen-bond acceptors (Lipinski definition) is 7.